The van der Waals surface area contributed by atoms with Crippen LogP contribution in [0.4, 0.5) is 10.6 Å². The molecule has 0 aliphatic heterocycles. The third-order valence-corrected chi connectivity index (χ3v) is 4.39. The smallest absolute Gasteiger partial charge is 0.410 e. The molecule has 4 aromatic rings. The third kappa shape index (κ3) is 3.72. The first-order chi connectivity index (χ1) is 13.1. The maximum atomic E-state index is 12.0. The van der Waals surface area contributed by atoms with E-state index in [1.807, 2.05) is 0 Å². The van der Waals surface area contributed by atoms with Gasteiger partial charge in [-0.25, -0.2) is 14.8 Å². The fourth-order valence-corrected chi connectivity index (χ4v) is 3.14. The second-order valence-electron chi connectivity index (χ2n) is 5.59. The van der Waals surface area contributed by atoms with Crippen LogP contribution in [0.1, 0.15) is 0 Å². The van der Waals surface area contributed by atoms with Crippen molar-refractivity contribution < 1.29 is 9.53 Å². The Morgan fingerprint density at radius 2 is 1.85 bits per heavy atom. The van der Waals surface area contributed by atoms with Gasteiger partial charge in [-0.2, -0.15) is 0 Å². The van der Waals surface area contributed by atoms with E-state index in [0.29, 0.717) is 44.0 Å². The molecule has 2 N–H and O–H groups in total. The van der Waals surface area contributed by atoms with Crippen molar-refractivity contribution in [3.05, 3.63) is 70.8 Å². The number of fused-ring (bicyclic) bond motifs is 1. The molecule has 134 valence electrons. The quantitative estimate of drug-likeness (QED) is 0.474. The molecule has 0 aliphatic carbocycles. The molecule has 0 saturated carbocycles. The van der Waals surface area contributed by atoms with E-state index in [1.54, 1.807) is 60.8 Å². The minimum absolute atomic E-state index is 0.358. The van der Waals surface area contributed by atoms with Gasteiger partial charge in [0.1, 0.15) is 17.4 Å². The number of pyridine rings is 1. The minimum Gasteiger partial charge on any atom is -0.410 e. The molecule has 0 saturated heterocycles. The molecule has 0 atom stereocenters. The van der Waals surface area contributed by atoms with Gasteiger partial charge < -0.3 is 9.72 Å². The van der Waals surface area contributed by atoms with Gasteiger partial charge in [0.05, 0.1) is 26.6 Å². The standard InChI is InChI=1S/C19H12Cl2N4O2/c20-12-4-3-5-13(21)17(12)18-23-14-8-7-11(10-15(14)24-18)27-19(26)25-16-6-1-2-9-22-16/h1-10H,(H,23,24)(H,22,25,26). The van der Waals surface area contributed by atoms with Gasteiger partial charge in [0.2, 0.25) is 0 Å². The number of carbonyl (C=O) groups is 1. The third-order valence-electron chi connectivity index (χ3n) is 3.76. The summed E-state index contributed by atoms with van der Waals surface area (Å²) in [6.07, 6.45) is 0.940. The van der Waals surface area contributed by atoms with Gasteiger partial charge in [-0.1, -0.05) is 35.3 Å². The average Bonchev–Trinajstić information content (AvgIpc) is 3.05. The van der Waals surface area contributed by atoms with E-state index in [2.05, 4.69) is 20.3 Å². The highest BCUT2D eigenvalue weighted by Gasteiger charge is 2.14. The monoisotopic (exact) mass is 398 g/mol. The predicted octanol–water partition coefficient (Wildman–Crippen LogP) is 5.54. The van der Waals surface area contributed by atoms with Crippen molar-refractivity contribution in [3.63, 3.8) is 0 Å². The lowest BCUT2D eigenvalue weighted by molar-refractivity contribution is 0.215. The molecule has 2 heterocycles. The van der Waals surface area contributed by atoms with Crippen LogP contribution in [-0.4, -0.2) is 21.0 Å². The van der Waals surface area contributed by atoms with Crippen LogP contribution in [0.5, 0.6) is 5.75 Å². The topological polar surface area (TPSA) is 79.9 Å². The molecule has 4 rings (SSSR count). The summed E-state index contributed by atoms with van der Waals surface area (Å²) in [5.74, 6) is 1.30. The van der Waals surface area contributed by atoms with Crippen molar-refractivity contribution in [1.29, 1.82) is 0 Å². The Bertz CT molecular complexity index is 1110. The first kappa shape index (κ1) is 17.3. The number of anilines is 1. The van der Waals surface area contributed by atoms with Crippen LogP contribution in [0.2, 0.25) is 10.0 Å². The van der Waals surface area contributed by atoms with Crippen molar-refractivity contribution in [2.75, 3.05) is 5.32 Å². The van der Waals surface area contributed by atoms with E-state index in [4.69, 9.17) is 27.9 Å². The molecule has 0 bridgehead atoms. The zero-order chi connectivity index (χ0) is 18.8. The number of amides is 1. The average molecular weight is 399 g/mol. The minimum atomic E-state index is -0.637. The highest BCUT2D eigenvalue weighted by molar-refractivity contribution is 6.39. The molecule has 2 aromatic carbocycles. The number of H-pyrrole nitrogens is 1. The van der Waals surface area contributed by atoms with Crippen LogP contribution < -0.4 is 10.1 Å². The fourth-order valence-electron chi connectivity index (χ4n) is 2.57. The summed E-state index contributed by atoms with van der Waals surface area (Å²) in [6.45, 7) is 0. The molecular formula is C19H12Cl2N4O2. The zero-order valence-electron chi connectivity index (χ0n) is 13.7. The Kier molecular flexibility index (Phi) is 4.66. The molecule has 6 nitrogen and oxygen atoms in total. The summed E-state index contributed by atoms with van der Waals surface area (Å²) in [5.41, 5.74) is 2.00. The molecular weight excluding hydrogens is 387 g/mol. The lowest BCUT2D eigenvalue weighted by atomic mass is 10.2. The van der Waals surface area contributed by atoms with Crippen molar-refractivity contribution in [1.82, 2.24) is 15.0 Å². The van der Waals surface area contributed by atoms with Crippen LogP contribution in [-0.2, 0) is 0 Å². The number of rotatable bonds is 3. The fraction of sp³-hybridized carbons (Fsp3) is 0. The van der Waals surface area contributed by atoms with E-state index in [1.165, 1.54) is 0 Å². The molecule has 2 aromatic heterocycles. The molecule has 0 spiro atoms. The van der Waals surface area contributed by atoms with Gasteiger partial charge >= 0.3 is 6.09 Å². The number of imidazole rings is 1. The Hall–Kier alpha value is -3.09. The Balaban J connectivity index is 1.59. The summed E-state index contributed by atoms with van der Waals surface area (Å²) < 4.78 is 5.30. The maximum absolute atomic E-state index is 12.0. The van der Waals surface area contributed by atoms with E-state index >= 15 is 0 Å². The number of aromatic amines is 1. The van der Waals surface area contributed by atoms with E-state index in [9.17, 15) is 4.79 Å². The van der Waals surface area contributed by atoms with Crippen LogP contribution in [0.15, 0.2) is 60.8 Å². The molecule has 0 radical (unpaired) electrons. The number of halogens is 2. The Morgan fingerprint density at radius 3 is 2.59 bits per heavy atom. The summed E-state index contributed by atoms with van der Waals surface area (Å²) >= 11 is 12.5. The first-order valence-electron chi connectivity index (χ1n) is 7.94. The number of nitrogens with one attached hydrogen (secondary N) is 2. The summed E-state index contributed by atoms with van der Waals surface area (Å²) in [5, 5.41) is 3.54. The summed E-state index contributed by atoms with van der Waals surface area (Å²) in [7, 11) is 0. The number of hydrogen-bond donors (Lipinski definition) is 2. The van der Waals surface area contributed by atoms with Crippen LogP contribution in [0, 0.1) is 0 Å². The number of aromatic nitrogens is 3. The van der Waals surface area contributed by atoms with E-state index in [0.717, 1.165) is 0 Å². The predicted molar refractivity (Wildman–Crippen MR) is 105 cm³/mol. The molecule has 8 heteroatoms. The highest BCUT2D eigenvalue weighted by atomic mass is 35.5. The van der Waals surface area contributed by atoms with Crippen LogP contribution in [0.25, 0.3) is 22.4 Å². The SMILES string of the molecule is O=C(Nc1ccccn1)Oc1ccc2nc(-c3c(Cl)cccc3Cl)[nH]c2c1. The Labute approximate surface area is 164 Å². The number of hydrogen-bond acceptors (Lipinski definition) is 4. The van der Waals surface area contributed by atoms with Gasteiger partial charge in [0.15, 0.2) is 0 Å². The number of nitrogens with zero attached hydrogens (tertiary/aromatic N) is 2. The summed E-state index contributed by atoms with van der Waals surface area (Å²) in [6, 6.07) is 15.5. The molecule has 0 fully saturated rings. The van der Waals surface area contributed by atoms with Gasteiger partial charge in [-0.3, -0.25) is 5.32 Å². The van der Waals surface area contributed by atoms with Gasteiger partial charge in [0.25, 0.3) is 0 Å². The lowest BCUT2D eigenvalue weighted by Crippen LogP contribution is -2.17. The number of ether oxygens (including phenoxy) is 1. The summed E-state index contributed by atoms with van der Waals surface area (Å²) in [4.78, 5) is 23.7. The normalized spacial score (nSPS) is 10.7. The first-order valence-corrected chi connectivity index (χ1v) is 8.70. The lowest BCUT2D eigenvalue weighted by Gasteiger charge is -2.05. The zero-order valence-corrected chi connectivity index (χ0v) is 15.3. The van der Waals surface area contributed by atoms with E-state index < -0.39 is 6.09 Å². The maximum Gasteiger partial charge on any atom is 0.418 e. The largest absolute Gasteiger partial charge is 0.418 e. The molecule has 27 heavy (non-hydrogen) atoms. The van der Waals surface area contributed by atoms with Gasteiger partial charge in [0, 0.05) is 12.3 Å². The second kappa shape index (κ2) is 7.26. The highest BCUT2D eigenvalue weighted by Crippen LogP contribution is 2.34. The van der Waals surface area contributed by atoms with Crippen molar-refractivity contribution in [3.8, 4) is 17.1 Å². The second-order valence-corrected chi connectivity index (χ2v) is 6.40. The van der Waals surface area contributed by atoms with Gasteiger partial charge in [-0.05, 0) is 36.4 Å². The van der Waals surface area contributed by atoms with Crippen molar-refractivity contribution in [2.45, 2.75) is 0 Å². The van der Waals surface area contributed by atoms with Crippen molar-refractivity contribution in [2.24, 2.45) is 0 Å². The molecule has 0 unspecified atom stereocenters. The van der Waals surface area contributed by atoms with Crippen LogP contribution in [0.3, 0.4) is 0 Å². The van der Waals surface area contributed by atoms with Crippen LogP contribution >= 0.6 is 23.2 Å². The number of benzene rings is 2. The Morgan fingerprint density at radius 1 is 1.04 bits per heavy atom. The number of carbonyl (C=O) groups excluding carboxylic acids is 1. The molecule has 1 amide bonds. The van der Waals surface area contributed by atoms with Gasteiger partial charge in [-0.15, -0.1) is 0 Å². The van der Waals surface area contributed by atoms with Crippen molar-refractivity contribution >= 4 is 46.1 Å². The molecule has 0 aliphatic rings. The van der Waals surface area contributed by atoms with E-state index in [-0.39, 0.29) is 0 Å².